The topological polar surface area (TPSA) is 73.5 Å². The summed E-state index contributed by atoms with van der Waals surface area (Å²) >= 11 is 0. The van der Waals surface area contributed by atoms with Gasteiger partial charge in [0.2, 0.25) is 5.91 Å². The predicted molar refractivity (Wildman–Crippen MR) is 97.2 cm³/mol. The van der Waals surface area contributed by atoms with E-state index in [1.807, 2.05) is 13.8 Å². The monoisotopic (exact) mass is 332 g/mol. The van der Waals surface area contributed by atoms with Crippen LogP contribution in [0.15, 0.2) is 24.3 Å². The Morgan fingerprint density at radius 1 is 1.08 bits per heavy atom. The molecule has 0 aliphatic carbocycles. The van der Waals surface area contributed by atoms with Crippen LogP contribution in [0, 0.1) is 5.92 Å². The normalized spacial score (nSPS) is 16.0. The molecule has 6 nitrogen and oxygen atoms in total. The minimum Gasteiger partial charge on any atom is -0.335 e. The number of piperidine rings is 1. The van der Waals surface area contributed by atoms with Gasteiger partial charge in [-0.15, -0.1) is 0 Å². The van der Waals surface area contributed by atoms with Gasteiger partial charge in [0.25, 0.3) is 0 Å². The van der Waals surface area contributed by atoms with Crippen molar-refractivity contribution >= 4 is 23.3 Å². The highest BCUT2D eigenvalue weighted by atomic mass is 16.2. The first kappa shape index (κ1) is 18.3. The highest BCUT2D eigenvalue weighted by Gasteiger charge is 2.18. The van der Waals surface area contributed by atoms with E-state index in [0.29, 0.717) is 18.0 Å². The molecule has 1 heterocycles. The van der Waals surface area contributed by atoms with Gasteiger partial charge in [-0.3, -0.25) is 4.79 Å². The van der Waals surface area contributed by atoms with E-state index in [1.165, 1.54) is 0 Å². The van der Waals surface area contributed by atoms with Gasteiger partial charge in [-0.1, -0.05) is 13.8 Å². The molecule has 0 atom stereocenters. The van der Waals surface area contributed by atoms with E-state index in [0.717, 1.165) is 31.6 Å². The summed E-state index contributed by atoms with van der Waals surface area (Å²) in [6, 6.07) is 7.22. The van der Waals surface area contributed by atoms with Crippen LogP contribution in [0.2, 0.25) is 0 Å². The van der Waals surface area contributed by atoms with Gasteiger partial charge in [0.15, 0.2) is 0 Å². The van der Waals surface area contributed by atoms with Gasteiger partial charge in [0.05, 0.1) is 0 Å². The molecule has 3 amide bonds. The second-order valence-corrected chi connectivity index (χ2v) is 6.90. The molecule has 0 radical (unpaired) electrons. The van der Waals surface area contributed by atoms with Gasteiger partial charge in [-0.2, -0.15) is 0 Å². The lowest BCUT2D eigenvalue weighted by atomic mass is 10.1. The Kier molecular flexibility index (Phi) is 6.61. The summed E-state index contributed by atoms with van der Waals surface area (Å²) in [5.74, 6) is 0.333. The van der Waals surface area contributed by atoms with E-state index in [9.17, 15) is 9.59 Å². The van der Waals surface area contributed by atoms with Crippen molar-refractivity contribution in [3.05, 3.63) is 24.3 Å². The summed E-state index contributed by atoms with van der Waals surface area (Å²) in [6.45, 7) is 6.04. The number of amides is 3. The minimum atomic E-state index is -0.179. The molecule has 0 unspecified atom stereocenters. The lowest BCUT2D eigenvalue weighted by molar-refractivity contribution is -0.116. The van der Waals surface area contributed by atoms with Crippen LogP contribution in [0.4, 0.5) is 16.2 Å². The Labute approximate surface area is 144 Å². The fraction of sp³-hybridized carbons (Fsp3) is 0.556. The van der Waals surface area contributed by atoms with Crippen molar-refractivity contribution in [2.24, 2.45) is 5.92 Å². The summed E-state index contributed by atoms with van der Waals surface area (Å²) < 4.78 is 0. The molecule has 1 aliphatic heterocycles. The molecule has 2 rings (SSSR count). The Morgan fingerprint density at radius 2 is 1.62 bits per heavy atom. The molecular formula is C18H28N4O2. The lowest BCUT2D eigenvalue weighted by Crippen LogP contribution is -2.44. The van der Waals surface area contributed by atoms with Crippen LogP contribution in [0.3, 0.4) is 0 Å². The van der Waals surface area contributed by atoms with Crippen LogP contribution in [-0.2, 0) is 4.79 Å². The summed E-state index contributed by atoms with van der Waals surface area (Å²) in [7, 11) is 2.10. The second kappa shape index (κ2) is 8.68. The third kappa shape index (κ3) is 6.20. The van der Waals surface area contributed by atoms with Crippen molar-refractivity contribution in [2.75, 3.05) is 30.8 Å². The first-order chi connectivity index (χ1) is 11.4. The van der Waals surface area contributed by atoms with Gasteiger partial charge >= 0.3 is 6.03 Å². The largest absolute Gasteiger partial charge is 0.335 e. The van der Waals surface area contributed by atoms with Gasteiger partial charge in [0.1, 0.15) is 0 Å². The average molecular weight is 332 g/mol. The molecule has 0 aromatic heterocycles. The lowest BCUT2D eigenvalue weighted by Gasteiger charge is -2.29. The first-order valence-corrected chi connectivity index (χ1v) is 8.58. The third-order valence-corrected chi connectivity index (χ3v) is 4.07. The molecule has 1 aromatic carbocycles. The number of nitrogens with one attached hydrogen (secondary N) is 3. The zero-order valence-corrected chi connectivity index (χ0v) is 14.8. The van der Waals surface area contributed by atoms with Crippen LogP contribution < -0.4 is 16.0 Å². The molecule has 24 heavy (non-hydrogen) atoms. The number of benzene rings is 1. The quantitative estimate of drug-likeness (QED) is 0.776. The zero-order chi connectivity index (χ0) is 17.5. The van der Waals surface area contributed by atoms with Crippen LogP contribution >= 0.6 is 0 Å². The van der Waals surface area contributed by atoms with E-state index in [2.05, 4.69) is 27.9 Å². The molecule has 132 valence electrons. The number of rotatable bonds is 5. The third-order valence-electron chi connectivity index (χ3n) is 4.07. The number of urea groups is 1. The van der Waals surface area contributed by atoms with Crippen molar-refractivity contribution in [3.63, 3.8) is 0 Å². The Morgan fingerprint density at radius 3 is 2.17 bits per heavy atom. The van der Waals surface area contributed by atoms with E-state index in [4.69, 9.17) is 0 Å². The highest BCUT2D eigenvalue weighted by molar-refractivity contribution is 5.92. The van der Waals surface area contributed by atoms with Gasteiger partial charge in [0, 0.05) is 23.8 Å². The maximum atomic E-state index is 12.0. The number of hydrogen-bond acceptors (Lipinski definition) is 3. The van der Waals surface area contributed by atoms with Crippen molar-refractivity contribution in [3.8, 4) is 0 Å². The summed E-state index contributed by atoms with van der Waals surface area (Å²) in [5, 5.41) is 8.70. The van der Waals surface area contributed by atoms with Crippen LogP contribution in [0.1, 0.15) is 33.1 Å². The minimum absolute atomic E-state index is 0.00530. The van der Waals surface area contributed by atoms with Crippen molar-refractivity contribution < 1.29 is 9.59 Å². The second-order valence-electron chi connectivity index (χ2n) is 6.90. The highest BCUT2D eigenvalue weighted by Crippen LogP contribution is 2.15. The number of nitrogens with zero attached hydrogens (tertiary/aromatic N) is 1. The Hall–Kier alpha value is -2.08. The van der Waals surface area contributed by atoms with Crippen molar-refractivity contribution in [1.29, 1.82) is 0 Å². The number of anilines is 2. The standard InChI is InChI=1S/C18H28N4O2/c1-13(2)12-17(23)19-14-4-6-15(7-5-14)20-18(24)21-16-8-10-22(3)11-9-16/h4-7,13,16H,8-12H2,1-3H3,(H,19,23)(H2,20,21,24). The van der Waals surface area contributed by atoms with E-state index in [-0.39, 0.29) is 18.0 Å². The molecular weight excluding hydrogens is 304 g/mol. The molecule has 1 aromatic rings. The molecule has 3 N–H and O–H groups in total. The van der Waals surface area contributed by atoms with Crippen molar-refractivity contribution in [1.82, 2.24) is 10.2 Å². The van der Waals surface area contributed by atoms with E-state index >= 15 is 0 Å². The summed E-state index contributed by atoms with van der Waals surface area (Å²) in [4.78, 5) is 26.0. The SMILES string of the molecule is CC(C)CC(=O)Nc1ccc(NC(=O)NC2CCN(C)CC2)cc1. The molecule has 0 bridgehead atoms. The summed E-state index contributed by atoms with van der Waals surface area (Å²) in [5.41, 5.74) is 1.45. The fourth-order valence-corrected chi connectivity index (χ4v) is 2.73. The number of hydrogen-bond donors (Lipinski definition) is 3. The Bertz CT molecular complexity index is 549. The van der Waals surface area contributed by atoms with Gasteiger partial charge < -0.3 is 20.9 Å². The maximum absolute atomic E-state index is 12.0. The zero-order valence-electron chi connectivity index (χ0n) is 14.8. The molecule has 0 spiro atoms. The van der Waals surface area contributed by atoms with E-state index in [1.54, 1.807) is 24.3 Å². The number of likely N-dealkylation sites (tertiary alicyclic amines) is 1. The summed E-state index contributed by atoms with van der Waals surface area (Å²) in [6.07, 6.45) is 2.45. The van der Waals surface area contributed by atoms with E-state index < -0.39 is 0 Å². The molecule has 1 fully saturated rings. The molecule has 6 heteroatoms. The average Bonchev–Trinajstić information content (AvgIpc) is 2.51. The Balaban J connectivity index is 1.78. The maximum Gasteiger partial charge on any atom is 0.319 e. The van der Waals surface area contributed by atoms with Crippen LogP contribution in [-0.4, -0.2) is 43.0 Å². The number of carbonyl (C=O) groups is 2. The first-order valence-electron chi connectivity index (χ1n) is 8.58. The number of carbonyl (C=O) groups excluding carboxylic acids is 2. The molecule has 1 saturated heterocycles. The predicted octanol–water partition coefficient (Wildman–Crippen LogP) is 2.89. The molecule has 0 saturated carbocycles. The van der Waals surface area contributed by atoms with Gasteiger partial charge in [-0.25, -0.2) is 4.79 Å². The van der Waals surface area contributed by atoms with Crippen LogP contribution in [0.5, 0.6) is 0 Å². The smallest absolute Gasteiger partial charge is 0.319 e. The van der Waals surface area contributed by atoms with Crippen molar-refractivity contribution in [2.45, 2.75) is 39.2 Å². The fourth-order valence-electron chi connectivity index (χ4n) is 2.73. The van der Waals surface area contributed by atoms with Crippen LogP contribution in [0.25, 0.3) is 0 Å². The molecule has 1 aliphatic rings. The van der Waals surface area contributed by atoms with Gasteiger partial charge in [-0.05, 0) is 63.2 Å².